The second-order valence-electron chi connectivity index (χ2n) is 4.50. The molecule has 0 amide bonds. The van der Waals surface area contributed by atoms with E-state index in [0.29, 0.717) is 18.1 Å². The van der Waals surface area contributed by atoms with Crippen LogP contribution in [0.3, 0.4) is 0 Å². The Kier molecular flexibility index (Phi) is 3.30. The van der Waals surface area contributed by atoms with E-state index in [2.05, 4.69) is 6.07 Å². The molecule has 1 aromatic carbocycles. The number of hydrogen-bond donors (Lipinski definition) is 1. The van der Waals surface area contributed by atoms with Crippen molar-refractivity contribution < 1.29 is 8.42 Å². The number of benzene rings is 1. The van der Waals surface area contributed by atoms with Crippen LogP contribution in [0.25, 0.3) is 0 Å². The minimum atomic E-state index is -2.76. The predicted octanol–water partition coefficient (Wildman–Crippen LogP) is 1.12. The summed E-state index contributed by atoms with van der Waals surface area (Å²) in [5.41, 5.74) is 7.88. The molecule has 3 nitrogen and oxygen atoms in total. The van der Waals surface area contributed by atoms with Crippen molar-refractivity contribution in [2.24, 2.45) is 11.7 Å². The van der Waals surface area contributed by atoms with E-state index in [1.165, 1.54) is 5.56 Å². The summed E-state index contributed by atoms with van der Waals surface area (Å²) in [6, 6.07) is 8.10. The number of nitrogens with two attached hydrogens (primary N) is 1. The Morgan fingerprint density at radius 1 is 1.31 bits per heavy atom. The maximum absolute atomic E-state index is 11.3. The Morgan fingerprint density at radius 3 is 2.69 bits per heavy atom. The summed E-state index contributed by atoms with van der Waals surface area (Å²) in [6.45, 7) is 0.538. The lowest BCUT2D eigenvalue weighted by Crippen LogP contribution is -2.08. The van der Waals surface area contributed by atoms with Gasteiger partial charge in [0.15, 0.2) is 9.84 Å². The van der Waals surface area contributed by atoms with Crippen LogP contribution in [-0.4, -0.2) is 19.9 Å². The summed E-state index contributed by atoms with van der Waals surface area (Å²) in [5, 5.41) is 0. The van der Waals surface area contributed by atoms with Crippen molar-refractivity contribution in [2.75, 3.05) is 11.5 Å². The van der Waals surface area contributed by atoms with Crippen molar-refractivity contribution in [2.45, 2.75) is 19.4 Å². The van der Waals surface area contributed by atoms with Gasteiger partial charge in [-0.25, -0.2) is 8.42 Å². The average Bonchev–Trinajstić information content (AvgIpc) is 2.58. The molecule has 2 rings (SSSR count). The van der Waals surface area contributed by atoms with Gasteiger partial charge in [0.25, 0.3) is 0 Å². The van der Waals surface area contributed by atoms with Gasteiger partial charge in [0, 0.05) is 6.54 Å². The molecule has 1 unspecified atom stereocenters. The third kappa shape index (κ3) is 2.83. The minimum Gasteiger partial charge on any atom is -0.326 e. The van der Waals surface area contributed by atoms with E-state index in [-0.39, 0.29) is 5.92 Å². The van der Waals surface area contributed by atoms with Gasteiger partial charge < -0.3 is 5.73 Å². The van der Waals surface area contributed by atoms with Gasteiger partial charge in [-0.3, -0.25) is 0 Å². The largest absolute Gasteiger partial charge is 0.326 e. The summed E-state index contributed by atoms with van der Waals surface area (Å²) in [5.74, 6) is 0.992. The van der Waals surface area contributed by atoms with Gasteiger partial charge in [0.05, 0.1) is 11.5 Å². The maximum atomic E-state index is 11.3. The lowest BCUT2D eigenvalue weighted by atomic mass is 9.98. The van der Waals surface area contributed by atoms with Crippen LogP contribution < -0.4 is 5.73 Å². The van der Waals surface area contributed by atoms with Gasteiger partial charge in [-0.1, -0.05) is 24.3 Å². The van der Waals surface area contributed by atoms with E-state index in [0.717, 1.165) is 18.4 Å². The molecule has 0 radical (unpaired) electrons. The fourth-order valence-corrected chi connectivity index (χ4v) is 4.11. The second kappa shape index (κ2) is 4.55. The van der Waals surface area contributed by atoms with E-state index < -0.39 is 9.84 Å². The zero-order valence-corrected chi connectivity index (χ0v) is 10.0. The molecule has 4 heteroatoms. The second-order valence-corrected chi connectivity index (χ2v) is 6.73. The smallest absolute Gasteiger partial charge is 0.150 e. The zero-order valence-electron chi connectivity index (χ0n) is 9.22. The molecule has 0 bridgehead atoms. The quantitative estimate of drug-likeness (QED) is 0.860. The molecule has 1 atom stereocenters. The highest BCUT2D eigenvalue weighted by Gasteiger charge is 2.27. The number of sulfone groups is 1. The Labute approximate surface area is 96.6 Å². The standard InChI is InChI=1S/C12H17NO2S/c13-8-11-3-1-2-10(6-11)7-12-4-5-16(14,15)9-12/h1-3,6,12H,4-5,7-9,13H2. The van der Waals surface area contributed by atoms with Crippen molar-refractivity contribution in [3.8, 4) is 0 Å². The van der Waals surface area contributed by atoms with Gasteiger partial charge in [0.2, 0.25) is 0 Å². The highest BCUT2D eigenvalue weighted by Crippen LogP contribution is 2.22. The van der Waals surface area contributed by atoms with Gasteiger partial charge in [-0.2, -0.15) is 0 Å². The molecule has 1 fully saturated rings. The van der Waals surface area contributed by atoms with Crippen LogP contribution in [0, 0.1) is 5.92 Å². The van der Waals surface area contributed by atoms with Crippen LogP contribution in [0.4, 0.5) is 0 Å². The van der Waals surface area contributed by atoms with E-state index in [4.69, 9.17) is 5.73 Å². The normalized spacial score (nSPS) is 23.4. The molecule has 1 saturated heterocycles. The first-order valence-electron chi connectivity index (χ1n) is 5.57. The Hall–Kier alpha value is -0.870. The van der Waals surface area contributed by atoms with Crippen LogP contribution in [-0.2, 0) is 22.8 Å². The Bertz CT molecular complexity index is 468. The summed E-state index contributed by atoms with van der Waals surface area (Å²) in [6.07, 6.45) is 1.66. The topological polar surface area (TPSA) is 60.2 Å². The first-order chi connectivity index (χ1) is 7.59. The highest BCUT2D eigenvalue weighted by atomic mass is 32.2. The number of hydrogen-bond acceptors (Lipinski definition) is 3. The molecule has 0 saturated carbocycles. The third-order valence-corrected chi connectivity index (χ3v) is 4.92. The number of rotatable bonds is 3. The van der Waals surface area contributed by atoms with E-state index in [9.17, 15) is 8.42 Å². The van der Waals surface area contributed by atoms with Crippen LogP contribution >= 0.6 is 0 Å². The summed E-state index contributed by atoms with van der Waals surface area (Å²) in [4.78, 5) is 0. The highest BCUT2D eigenvalue weighted by molar-refractivity contribution is 7.91. The van der Waals surface area contributed by atoms with Crippen LogP contribution in [0.1, 0.15) is 17.5 Å². The van der Waals surface area contributed by atoms with E-state index >= 15 is 0 Å². The van der Waals surface area contributed by atoms with Crippen molar-refractivity contribution >= 4 is 9.84 Å². The summed E-state index contributed by atoms with van der Waals surface area (Å²) in [7, 11) is -2.76. The molecule has 2 N–H and O–H groups in total. The van der Waals surface area contributed by atoms with Crippen molar-refractivity contribution in [1.82, 2.24) is 0 Å². The summed E-state index contributed by atoms with van der Waals surface area (Å²) >= 11 is 0. The SMILES string of the molecule is NCc1cccc(CC2CCS(=O)(=O)C2)c1. The van der Waals surface area contributed by atoms with Gasteiger partial charge in [-0.05, 0) is 29.9 Å². The molecule has 1 heterocycles. The molecule has 1 aromatic rings. The summed E-state index contributed by atoms with van der Waals surface area (Å²) < 4.78 is 22.7. The van der Waals surface area contributed by atoms with Crippen LogP contribution in [0.5, 0.6) is 0 Å². The monoisotopic (exact) mass is 239 g/mol. The molecule has 1 aliphatic heterocycles. The minimum absolute atomic E-state index is 0.290. The first-order valence-corrected chi connectivity index (χ1v) is 7.39. The molecule has 0 aliphatic carbocycles. The predicted molar refractivity (Wildman–Crippen MR) is 64.8 cm³/mol. The van der Waals surface area contributed by atoms with Crippen molar-refractivity contribution in [3.05, 3.63) is 35.4 Å². The average molecular weight is 239 g/mol. The fraction of sp³-hybridized carbons (Fsp3) is 0.500. The van der Waals surface area contributed by atoms with Crippen LogP contribution in [0.15, 0.2) is 24.3 Å². The molecule has 16 heavy (non-hydrogen) atoms. The Balaban J connectivity index is 2.04. The van der Waals surface area contributed by atoms with Gasteiger partial charge in [-0.15, -0.1) is 0 Å². The molecule has 1 aliphatic rings. The Morgan fingerprint density at radius 2 is 2.06 bits per heavy atom. The molecule has 0 spiro atoms. The van der Waals surface area contributed by atoms with Gasteiger partial charge >= 0.3 is 0 Å². The lowest BCUT2D eigenvalue weighted by molar-refractivity contribution is 0.583. The zero-order chi connectivity index (χ0) is 11.6. The van der Waals surface area contributed by atoms with Gasteiger partial charge in [0.1, 0.15) is 0 Å². The van der Waals surface area contributed by atoms with E-state index in [1.54, 1.807) is 0 Å². The lowest BCUT2D eigenvalue weighted by Gasteiger charge is -2.08. The van der Waals surface area contributed by atoms with E-state index in [1.807, 2.05) is 18.2 Å². The molecular formula is C12H17NO2S. The maximum Gasteiger partial charge on any atom is 0.150 e. The van der Waals surface area contributed by atoms with Crippen molar-refractivity contribution in [3.63, 3.8) is 0 Å². The fourth-order valence-electron chi connectivity index (χ4n) is 2.25. The molecule has 88 valence electrons. The first kappa shape index (κ1) is 11.6. The van der Waals surface area contributed by atoms with Crippen LogP contribution in [0.2, 0.25) is 0 Å². The molecular weight excluding hydrogens is 222 g/mol. The van der Waals surface area contributed by atoms with Crippen molar-refractivity contribution in [1.29, 1.82) is 0 Å². The third-order valence-electron chi connectivity index (χ3n) is 3.08. The molecule has 0 aromatic heterocycles.